The molecule has 2 rings (SSSR count). The highest BCUT2D eigenvalue weighted by atomic mass is 32.2. The SMILES string of the molecule is CN(C)S(=O)(=O)c1ccc(-c2c(C(=O)O)nnn2C)cc1. The van der Waals surface area contributed by atoms with Gasteiger partial charge in [-0.05, 0) is 12.1 Å². The summed E-state index contributed by atoms with van der Waals surface area (Å²) in [5, 5.41) is 16.3. The van der Waals surface area contributed by atoms with E-state index in [0.717, 1.165) is 4.31 Å². The number of hydrogen-bond acceptors (Lipinski definition) is 5. The summed E-state index contributed by atoms with van der Waals surface area (Å²) in [6.45, 7) is 0. The molecule has 21 heavy (non-hydrogen) atoms. The minimum atomic E-state index is -3.52. The molecule has 1 aromatic heterocycles. The first kappa shape index (κ1) is 15.1. The van der Waals surface area contributed by atoms with Crippen LogP contribution in [0.4, 0.5) is 0 Å². The molecule has 0 fully saturated rings. The smallest absolute Gasteiger partial charge is 0.358 e. The molecule has 2 aromatic rings. The van der Waals surface area contributed by atoms with Crippen LogP contribution in [0.1, 0.15) is 10.5 Å². The number of aromatic carboxylic acids is 1. The Labute approximate surface area is 121 Å². The van der Waals surface area contributed by atoms with E-state index in [9.17, 15) is 13.2 Å². The predicted molar refractivity (Wildman–Crippen MR) is 74.3 cm³/mol. The molecule has 1 N–H and O–H groups in total. The molecule has 1 aromatic carbocycles. The molecular formula is C12H14N4O4S. The quantitative estimate of drug-likeness (QED) is 0.878. The number of rotatable bonds is 4. The predicted octanol–water partition coefficient (Wildman–Crippen LogP) is 0.431. The van der Waals surface area contributed by atoms with Gasteiger partial charge in [-0.25, -0.2) is 22.2 Å². The third-order valence-electron chi connectivity index (χ3n) is 2.94. The topological polar surface area (TPSA) is 105 Å². The van der Waals surface area contributed by atoms with Crippen molar-refractivity contribution in [2.24, 2.45) is 7.05 Å². The maximum Gasteiger partial charge on any atom is 0.358 e. The van der Waals surface area contributed by atoms with Crippen molar-refractivity contribution in [1.29, 1.82) is 0 Å². The summed E-state index contributed by atoms with van der Waals surface area (Å²) in [6.07, 6.45) is 0. The second-order valence-corrected chi connectivity index (χ2v) is 6.68. The van der Waals surface area contributed by atoms with E-state index in [1.807, 2.05) is 0 Å². The summed E-state index contributed by atoms with van der Waals surface area (Å²) < 4.78 is 26.4. The highest BCUT2D eigenvalue weighted by molar-refractivity contribution is 7.89. The first-order valence-electron chi connectivity index (χ1n) is 5.91. The largest absolute Gasteiger partial charge is 0.476 e. The van der Waals surface area contributed by atoms with Crippen LogP contribution in [-0.2, 0) is 17.1 Å². The van der Waals surface area contributed by atoms with E-state index in [-0.39, 0.29) is 10.6 Å². The number of carboxylic acid groups (broad SMARTS) is 1. The first-order chi connectivity index (χ1) is 9.75. The normalized spacial score (nSPS) is 11.8. The third-order valence-corrected chi connectivity index (χ3v) is 4.77. The van der Waals surface area contributed by atoms with E-state index in [4.69, 9.17) is 5.11 Å². The molecular weight excluding hydrogens is 296 g/mol. The molecule has 9 heteroatoms. The summed E-state index contributed by atoms with van der Waals surface area (Å²) in [5.41, 5.74) is 0.662. The molecule has 0 amide bonds. The Morgan fingerprint density at radius 3 is 2.29 bits per heavy atom. The molecule has 112 valence electrons. The Morgan fingerprint density at radius 2 is 1.81 bits per heavy atom. The molecule has 0 aliphatic carbocycles. The van der Waals surface area contributed by atoms with Gasteiger partial charge in [-0.2, -0.15) is 0 Å². The summed E-state index contributed by atoms with van der Waals surface area (Å²) in [7, 11) is 0.931. The summed E-state index contributed by atoms with van der Waals surface area (Å²) >= 11 is 0. The lowest BCUT2D eigenvalue weighted by Crippen LogP contribution is -2.22. The average molecular weight is 310 g/mol. The van der Waals surface area contributed by atoms with E-state index < -0.39 is 16.0 Å². The van der Waals surface area contributed by atoms with Gasteiger partial charge in [0.2, 0.25) is 10.0 Å². The Kier molecular flexibility index (Phi) is 3.79. The van der Waals surface area contributed by atoms with E-state index in [1.165, 1.54) is 43.0 Å². The van der Waals surface area contributed by atoms with Gasteiger partial charge in [0.15, 0.2) is 5.69 Å². The number of carboxylic acids is 1. The van der Waals surface area contributed by atoms with Crippen LogP contribution in [0.2, 0.25) is 0 Å². The van der Waals surface area contributed by atoms with Gasteiger partial charge in [-0.1, -0.05) is 17.3 Å². The molecule has 0 unspecified atom stereocenters. The van der Waals surface area contributed by atoms with Crippen molar-refractivity contribution in [3.05, 3.63) is 30.0 Å². The van der Waals surface area contributed by atoms with Crippen LogP contribution in [0.3, 0.4) is 0 Å². The van der Waals surface area contributed by atoms with E-state index in [2.05, 4.69) is 10.3 Å². The Balaban J connectivity index is 2.50. The molecule has 0 aliphatic rings. The minimum Gasteiger partial charge on any atom is -0.476 e. The lowest BCUT2D eigenvalue weighted by Gasteiger charge is -2.11. The second kappa shape index (κ2) is 5.26. The van der Waals surface area contributed by atoms with Gasteiger partial charge in [0, 0.05) is 26.7 Å². The van der Waals surface area contributed by atoms with Crippen LogP contribution < -0.4 is 0 Å². The number of benzene rings is 1. The number of sulfonamides is 1. The fraction of sp³-hybridized carbons (Fsp3) is 0.250. The van der Waals surface area contributed by atoms with Gasteiger partial charge in [0.05, 0.1) is 4.90 Å². The highest BCUT2D eigenvalue weighted by Gasteiger charge is 2.21. The zero-order chi connectivity index (χ0) is 15.8. The number of carbonyl (C=O) groups is 1. The van der Waals surface area contributed by atoms with Gasteiger partial charge < -0.3 is 5.11 Å². The van der Waals surface area contributed by atoms with Gasteiger partial charge in [-0.15, -0.1) is 5.10 Å². The van der Waals surface area contributed by atoms with Crippen molar-refractivity contribution in [2.75, 3.05) is 14.1 Å². The maximum absolute atomic E-state index is 12.0. The molecule has 0 aliphatic heterocycles. The molecule has 0 atom stereocenters. The lowest BCUT2D eigenvalue weighted by atomic mass is 10.1. The van der Waals surface area contributed by atoms with E-state index >= 15 is 0 Å². The van der Waals surface area contributed by atoms with Crippen LogP contribution in [0.25, 0.3) is 11.3 Å². The van der Waals surface area contributed by atoms with Gasteiger partial charge in [-0.3, -0.25) is 0 Å². The second-order valence-electron chi connectivity index (χ2n) is 4.53. The van der Waals surface area contributed by atoms with Crippen molar-refractivity contribution >= 4 is 16.0 Å². The molecule has 0 radical (unpaired) electrons. The Bertz CT molecular complexity index is 778. The first-order valence-corrected chi connectivity index (χ1v) is 7.35. The summed E-state index contributed by atoms with van der Waals surface area (Å²) in [5.74, 6) is -1.19. The number of aromatic nitrogens is 3. The highest BCUT2D eigenvalue weighted by Crippen LogP contribution is 2.24. The lowest BCUT2D eigenvalue weighted by molar-refractivity contribution is 0.0691. The van der Waals surface area contributed by atoms with Crippen LogP contribution in [-0.4, -0.2) is 52.9 Å². The Hall–Kier alpha value is -2.26. The molecule has 0 bridgehead atoms. The van der Waals surface area contributed by atoms with Crippen molar-refractivity contribution < 1.29 is 18.3 Å². The number of hydrogen-bond donors (Lipinski definition) is 1. The summed E-state index contributed by atoms with van der Waals surface area (Å²) in [4.78, 5) is 11.2. The number of aryl methyl sites for hydroxylation is 1. The molecule has 0 saturated heterocycles. The number of nitrogens with zero attached hydrogens (tertiary/aromatic N) is 4. The summed E-state index contributed by atoms with van der Waals surface area (Å²) in [6, 6.07) is 5.90. The van der Waals surface area contributed by atoms with E-state index in [1.54, 1.807) is 7.05 Å². The van der Waals surface area contributed by atoms with Crippen LogP contribution in [0.5, 0.6) is 0 Å². The van der Waals surface area contributed by atoms with Crippen molar-refractivity contribution in [3.63, 3.8) is 0 Å². The van der Waals surface area contributed by atoms with Crippen molar-refractivity contribution in [3.8, 4) is 11.3 Å². The molecule has 0 saturated carbocycles. The third kappa shape index (κ3) is 2.65. The standard InChI is InChI=1S/C12H14N4O4S/c1-15(2)21(19,20)9-6-4-8(5-7-9)11-10(12(17)18)13-14-16(11)3/h4-7H,1-3H3,(H,17,18). The van der Waals surface area contributed by atoms with Crippen LogP contribution in [0, 0.1) is 0 Å². The fourth-order valence-corrected chi connectivity index (χ4v) is 2.72. The Morgan fingerprint density at radius 1 is 1.24 bits per heavy atom. The van der Waals surface area contributed by atoms with Crippen molar-refractivity contribution in [2.45, 2.75) is 4.90 Å². The maximum atomic E-state index is 12.0. The van der Waals surface area contributed by atoms with Crippen LogP contribution >= 0.6 is 0 Å². The molecule has 8 nitrogen and oxygen atoms in total. The average Bonchev–Trinajstić information content (AvgIpc) is 2.80. The van der Waals surface area contributed by atoms with Crippen molar-refractivity contribution in [1.82, 2.24) is 19.3 Å². The fourth-order valence-electron chi connectivity index (χ4n) is 1.82. The van der Waals surface area contributed by atoms with E-state index in [0.29, 0.717) is 11.3 Å². The monoisotopic (exact) mass is 310 g/mol. The molecule has 1 heterocycles. The van der Waals surface area contributed by atoms with Crippen LogP contribution in [0.15, 0.2) is 29.2 Å². The van der Waals surface area contributed by atoms with Gasteiger partial charge in [0.25, 0.3) is 0 Å². The minimum absolute atomic E-state index is 0.128. The zero-order valence-electron chi connectivity index (χ0n) is 11.7. The zero-order valence-corrected chi connectivity index (χ0v) is 12.5. The van der Waals surface area contributed by atoms with Gasteiger partial charge in [0.1, 0.15) is 5.69 Å². The molecule has 0 spiro atoms. The van der Waals surface area contributed by atoms with Gasteiger partial charge >= 0.3 is 5.97 Å².